The van der Waals surface area contributed by atoms with Crippen molar-refractivity contribution in [3.8, 4) is 0 Å². The third-order valence-corrected chi connectivity index (χ3v) is 2.97. The van der Waals surface area contributed by atoms with Crippen LogP contribution in [0.25, 0.3) is 10.9 Å². The fourth-order valence-electron chi connectivity index (χ4n) is 1.38. The van der Waals surface area contributed by atoms with E-state index >= 15 is 0 Å². The van der Waals surface area contributed by atoms with Crippen LogP contribution < -0.4 is 0 Å². The molecule has 2 rings (SSSR count). The van der Waals surface area contributed by atoms with Crippen molar-refractivity contribution in [3.63, 3.8) is 0 Å². The second kappa shape index (κ2) is 2.89. The van der Waals surface area contributed by atoms with Crippen molar-refractivity contribution in [2.75, 3.05) is 0 Å². The van der Waals surface area contributed by atoms with Gasteiger partial charge in [0.2, 0.25) is 0 Å². The first-order valence-corrected chi connectivity index (χ1v) is 4.64. The third kappa shape index (κ3) is 1.21. The van der Waals surface area contributed by atoms with Crippen LogP contribution in [0.4, 0.5) is 0 Å². The van der Waals surface area contributed by atoms with Crippen molar-refractivity contribution in [1.29, 1.82) is 0 Å². The van der Waals surface area contributed by atoms with Crippen molar-refractivity contribution in [1.82, 2.24) is 9.78 Å². The number of benzene rings is 1. The normalized spacial score (nSPS) is 11.1. The van der Waals surface area contributed by atoms with Gasteiger partial charge in [0.05, 0.1) is 5.52 Å². The quantitative estimate of drug-likeness (QED) is 0.659. The zero-order chi connectivity index (χ0) is 9.59. The Bertz CT molecular complexity index is 474. The molecule has 0 saturated carbocycles. The van der Waals surface area contributed by atoms with Gasteiger partial charge in [0.15, 0.2) is 0 Å². The minimum Gasteiger partial charge on any atom is -0.256 e. The van der Waals surface area contributed by atoms with Gasteiger partial charge in [-0.3, -0.25) is 4.68 Å². The van der Waals surface area contributed by atoms with E-state index in [1.165, 1.54) is 0 Å². The van der Waals surface area contributed by atoms with Crippen LogP contribution in [0.15, 0.2) is 12.1 Å². The molecule has 4 heteroatoms. The summed E-state index contributed by atoms with van der Waals surface area (Å²) in [5.74, 6) is 0. The molecule has 0 radical (unpaired) electrons. The molecule has 2 aromatic rings. The lowest BCUT2D eigenvalue weighted by Gasteiger charge is -1.98. The molecule has 0 saturated heterocycles. The van der Waals surface area contributed by atoms with Crippen LogP contribution in [-0.4, -0.2) is 9.78 Å². The molecule has 0 unspecified atom stereocenters. The zero-order valence-electron chi connectivity index (χ0n) is 7.31. The van der Waals surface area contributed by atoms with Gasteiger partial charge in [0.1, 0.15) is 5.15 Å². The van der Waals surface area contributed by atoms with Gasteiger partial charge >= 0.3 is 0 Å². The van der Waals surface area contributed by atoms with Crippen LogP contribution in [-0.2, 0) is 7.05 Å². The summed E-state index contributed by atoms with van der Waals surface area (Å²) >= 11 is 12.0. The number of hydrogen-bond donors (Lipinski definition) is 0. The molecule has 68 valence electrons. The fraction of sp³-hybridized carbons (Fsp3) is 0.222. The molecule has 1 heterocycles. The largest absolute Gasteiger partial charge is 0.256 e. The van der Waals surface area contributed by atoms with E-state index in [2.05, 4.69) is 5.10 Å². The van der Waals surface area contributed by atoms with Gasteiger partial charge in [-0.1, -0.05) is 23.2 Å². The predicted octanol–water partition coefficient (Wildman–Crippen LogP) is 3.19. The molecule has 1 aromatic carbocycles. The van der Waals surface area contributed by atoms with Crippen LogP contribution in [0.1, 0.15) is 5.56 Å². The maximum atomic E-state index is 6.06. The Morgan fingerprint density at radius 3 is 2.69 bits per heavy atom. The minimum absolute atomic E-state index is 0.634. The highest BCUT2D eigenvalue weighted by molar-refractivity contribution is 6.36. The summed E-state index contributed by atoms with van der Waals surface area (Å²) in [7, 11) is 1.82. The topological polar surface area (TPSA) is 17.8 Å². The number of rotatable bonds is 0. The van der Waals surface area contributed by atoms with Gasteiger partial charge in [0.25, 0.3) is 0 Å². The highest BCUT2D eigenvalue weighted by atomic mass is 35.5. The molecule has 0 N–H and O–H groups in total. The number of aryl methyl sites for hydroxylation is 2. The smallest absolute Gasteiger partial charge is 0.134 e. The van der Waals surface area contributed by atoms with E-state index in [4.69, 9.17) is 23.2 Å². The van der Waals surface area contributed by atoms with Crippen molar-refractivity contribution < 1.29 is 0 Å². The van der Waals surface area contributed by atoms with Crippen LogP contribution in [0.5, 0.6) is 0 Å². The summed E-state index contributed by atoms with van der Waals surface area (Å²) in [5, 5.41) is 6.54. The molecule has 0 aliphatic heterocycles. The number of halogens is 2. The van der Waals surface area contributed by atoms with Crippen molar-refractivity contribution in [2.45, 2.75) is 6.92 Å². The Balaban J connectivity index is 2.97. The summed E-state index contributed by atoms with van der Waals surface area (Å²) in [6, 6.07) is 3.71. The highest BCUT2D eigenvalue weighted by Gasteiger charge is 2.10. The fourth-order valence-corrected chi connectivity index (χ4v) is 1.82. The van der Waals surface area contributed by atoms with E-state index < -0.39 is 0 Å². The van der Waals surface area contributed by atoms with Gasteiger partial charge in [-0.15, -0.1) is 0 Å². The molecule has 0 bridgehead atoms. The van der Waals surface area contributed by atoms with E-state index in [1.807, 2.05) is 26.1 Å². The monoisotopic (exact) mass is 214 g/mol. The molecule has 0 amide bonds. The minimum atomic E-state index is 0.634. The maximum Gasteiger partial charge on any atom is 0.134 e. The molecule has 0 aliphatic carbocycles. The molecule has 0 fully saturated rings. The van der Waals surface area contributed by atoms with Crippen LogP contribution in [0.3, 0.4) is 0 Å². The van der Waals surface area contributed by atoms with E-state index in [0.717, 1.165) is 21.5 Å². The lowest BCUT2D eigenvalue weighted by Crippen LogP contribution is -1.87. The van der Waals surface area contributed by atoms with E-state index in [9.17, 15) is 0 Å². The first-order valence-electron chi connectivity index (χ1n) is 3.88. The molecule has 0 aliphatic rings. The van der Waals surface area contributed by atoms with Crippen LogP contribution in [0.2, 0.25) is 10.2 Å². The summed E-state index contributed by atoms with van der Waals surface area (Å²) in [5.41, 5.74) is 1.87. The average molecular weight is 215 g/mol. The lowest BCUT2D eigenvalue weighted by atomic mass is 10.1. The van der Waals surface area contributed by atoms with Crippen LogP contribution in [0, 0.1) is 6.92 Å². The predicted molar refractivity (Wildman–Crippen MR) is 55.5 cm³/mol. The van der Waals surface area contributed by atoms with Gasteiger partial charge in [-0.05, 0) is 24.6 Å². The molecular formula is C9H8Cl2N2. The summed E-state index contributed by atoms with van der Waals surface area (Å²) in [6.07, 6.45) is 0. The highest BCUT2D eigenvalue weighted by Crippen LogP contribution is 2.30. The summed E-state index contributed by atoms with van der Waals surface area (Å²) in [6.45, 7) is 1.94. The van der Waals surface area contributed by atoms with E-state index in [-0.39, 0.29) is 0 Å². The number of fused-ring (bicyclic) bond motifs is 1. The molecule has 2 nitrogen and oxygen atoms in total. The Hall–Kier alpha value is -0.730. The first kappa shape index (κ1) is 8.85. The van der Waals surface area contributed by atoms with Crippen molar-refractivity contribution in [3.05, 3.63) is 27.9 Å². The Morgan fingerprint density at radius 2 is 2.00 bits per heavy atom. The van der Waals surface area contributed by atoms with Gasteiger partial charge in [-0.25, -0.2) is 0 Å². The van der Waals surface area contributed by atoms with Crippen molar-refractivity contribution in [2.24, 2.45) is 7.05 Å². The molecule has 13 heavy (non-hydrogen) atoms. The van der Waals surface area contributed by atoms with Gasteiger partial charge < -0.3 is 0 Å². The third-order valence-electron chi connectivity index (χ3n) is 2.13. The Labute approximate surface area is 86.1 Å². The number of aromatic nitrogens is 2. The SMILES string of the molecule is Cc1c(Cl)ccc2nn(C)c(Cl)c12. The van der Waals surface area contributed by atoms with Crippen molar-refractivity contribution >= 4 is 34.1 Å². The molecular weight excluding hydrogens is 207 g/mol. The van der Waals surface area contributed by atoms with Gasteiger partial charge in [0, 0.05) is 17.5 Å². The molecule has 1 aromatic heterocycles. The van der Waals surface area contributed by atoms with Crippen LogP contribution >= 0.6 is 23.2 Å². The summed E-state index contributed by atoms with van der Waals surface area (Å²) < 4.78 is 1.65. The van der Waals surface area contributed by atoms with E-state index in [1.54, 1.807) is 4.68 Å². The van der Waals surface area contributed by atoms with E-state index in [0.29, 0.717) is 5.15 Å². The Kier molecular flexibility index (Phi) is 1.97. The Morgan fingerprint density at radius 1 is 1.31 bits per heavy atom. The summed E-state index contributed by atoms with van der Waals surface area (Å²) in [4.78, 5) is 0. The number of nitrogens with zero attached hydrogens (tertiary/aromatic N) is 2. The standard InChI is InChI=1S/C9H8Cl2N2/c1-5-6(10)3-4-7-8(5)9(11)13(2)12-7/h3-4H,1-2H3. The van der Waals surface area contributed by atoms with Gasteiger partial charge in [-0.2, -0.15) is 5.10 Å². The second-order valence-corrected chi connectivity index (χ2v) is 3.75. The number of hydrogen-bond acceptors (Lipinski definition) is 1. The molecule has 0 atom stereocenters. The second-order valence-electron chi connectivity index (χ2n) is 2.98. The lowest BCUT2D eigenvalue weighted by molar-refractivity contribution is 0.780. The average Bonchev–Trinajstić information content (AvgIpc) is 2.37. The first-order chi connectivity index (χ1) is 6.11. The molecule has 0 spiro atoms. The maximum absolute atomic E-state index is 6.06. The zero-order valence-corrected chi connectivity index (χ0v) is 8.82.